The summed E-state index contributed by atoms with van der Waals surface area (Å²) in [6, 6.07) is 0. The van der Waals surface area contributed by atoms with Gasteiger partial charge in [-0.1, -0.05) is 13.8 Å². The third-order valence-corrected chi connectivity index (χ3v) is 5.36. The van der Waals surface area contributed by atoms with Crippen LogP contribution in [-0.4, -0.2) is 24.3 Å². The van der Waals surface area contributed by atoms with E-state index in [9.17, 15) is 14.4 Å². The van der Waals surface area contributed by atoms with Gasteiger partial charge in [0.05, 0.1) is 17.0 Å². The molecule has 0 saturated heterocycles. The number of nitrogens with one attached hydrogen (secondary N) is 1. The van der Waals surface area contributed by atoms with Gasteiger partial charge in [-0.2, -0.15) is 0 Å². The van der Waals surface area contributed by atoms with Crippen molar-refractivity contribution in [3.05, 3.63) is 16.0 Å². The molecule has 2 aliphatic rings. The second-order valence-electron chi connectivity index (χ2n) is 6.45. The fraction of sp³-hybridized carbons (Fsp3) is 0.588. The number of esters is 1. The van der Waals surface area contributed by atoms with Crippen molar-refractivity contribution in [3.8, 4) is 0 Å². The zero-order chi connectivity index (χ0) is 16.6. The largest absolute Gasteiger partial charge is 0.462 e. The van der Waals surface area contributed by atoms with E-state index in [1.54, 1.807) is 0 Å². The number of anilines is 1. The maximum atomic E-state index is 12.5. The predicted octanol–water partition coefficient (Wildman–Crippen LogP) is 3.67. The lowest BCUT2D eigenvalue weighted by molar-refractivity contribution is -0.117. The van der Waals surface area contributed by atoms with Crippen molar-refractivity contribution in [2.24, 2.45) is 11.8 Å². The van der Waals surface area contributed by atoms with Crippen molar-refractivity contribution < 1.29 is 20.5 Å². The van der Waals surface area contributed by atoms with Crippen molar-refractivity contribution in [2.75, 3.05) is 11.9 Å². The Morgan fingerprint density at radius 2 is 2.09 bits per heavy atom. The van der Waals surface area contributed by atoms with Gasteiger partial charge in [-0.05, 0) is 37.2 Å². The fourth-order valence-corrected chi connectivity index (χ4v) is 4.02. The molecule has 0 spiro atoms. The van der Waals surface area contributed by atoms with Gasteiger partial charge < -0.3 is 10.1 Å². The maximum absolute atomic E-state index is 12.5. The average molecular weight is 337 g/mol. The van der Waals surface area contributed by atoms with Gasteiger partial charge in [0.15, 0.2) is 5.78 Å². The maximum Gasteiger partial charge on any atom is 0.341 e. The minimum absolute atomic E-state index is 0. The standard InChI is InChI=1S/C17H21NO4S.H2/c1-3-6-22-17(21)13-11-7-9(2)8-12(19)14(11)23-16(13)18-15(20)10-4-5-10;/h9-10H,3-8H2,1-2H3,(H,18,20);1H. The molecule has 0 bridgehead atoms. The summed E-state index contributed by atoms with van der Waals surface area (Å²) in [4.78, 5) is 37.4. The Balaban J connectivity index is 0.00000208. The van der Waals surface area contributed by atoms with Gasteiger partial charge in [0, 0.05) is 13.8 Å². The first-order chi connectivity index (χ1) is 11.0. The summed E-state index contributed by atoms with van der Waals surface area (Å²) in [5.41, 5.74) is 1.15. The Kier molecular flexibility index (Phi) is 4.53. The summed E-state index contributed by atoms with van der Waals surface area (Å²) in [5.74, 6) is -0.191. The topological polar surface area (TPSA) is 72.5 Å². The molecule has 3 rings (SSSR count). The van der Waals surface area contributed by atoms with E-state index in [2.05, 4.69) is 5.32 Å². The number of fused-ring (bicyclic) bond motifs is 1. The molecule has 1 aromatic heterocycles. The van der Waals surface area contributed by atoms with E-state index in [4.69, 9.17) is 4.74 Å². The van der Waals surface area contributed by atoms with Crippen LogP contribution in [0.25, 0.3) is 0 Å². The molecule has 5 nitrogen and oxygen atoms in total. The van der Waals surface area contributed by atoms with Crippen LogP contribution in [0.3, 0.4) is 0 Å². The number of hydrogen-bond donors (Lipinski definition) is 1. The normalized spacial score (nSPS) is 20.1. The highest BCUT2D eigenvalue weighted by Crippen LogP contribution is 2.41. The highest BCUT2D eigenvalue weighted by Gasteiger charge is 2.35. The first-order valence-corrected chi connectivity index (χ1v) is 8.99. The number of carbonyl (C=O) groups is 3. The highest BCUT2D eigenvalue weighted by molar-refractivity contribution is 7.18. The lowest BCUT2D eigenvalue weighted by atomic mass is 9.87. The second kappa shape index (κ2) is 6.43. The summed E-state index contributed by atoms with van der Waals surface area (Å²) >= 11 is 1.23. The van der Waals surface area contributed by atoms with Crippen molar-refractivity contribution in [1.29, 1.82) is 0 Å². The fourth-order valence-electron chi connectivity index (χ4n) is 2.85. The van der Waals surface area contributed by atoms with Crippen LogP contribution in [-0.2, 0) is 16.0 Å². The van der Waals surface area contributed by atoms with Crippen LogP contribution in [0.1, 0.15) is 66.6 Å². The van der Waals surface area contributed by atoms with E-state index in [1.165, 1.54) is 11.3 Å². The molecule has 1 N–H and O–H groups in total. The van der Waals surface area contributed by atoms with E-state index in [0.29, 0.717) is 34.9 Å². The van der Waals surface area contributed by atoms with Gasteiger partial charge >= 0.3 is 5.97 Å². The number of ether oxygens (including phenoxy) is 1. The number of rotatable bonds is 5. The molecule has 1 heterocycles. The Morgan fingerprint density at radius 3 is 2.74 bits per heavy atom. The third-order valence-electron chi connectivity index (χ3n) is 4.17. The number of carbonyl (C=O) groups excluding carboxylic acids is 3. The smallest absolute Gasteiger partial charge is 0.341 e. The summed E-state index contributed by atoms with van der Waals surface area (Å²) in [7, 11) is 0. The molecule has 126 valence electrons. The number of hydrogen-bond acceptors (Lipinski definition) is 5. The van der Waals surface area contributed by atoms with Gasteiger partial charge in [-0.15, -0.1) is 11.3 Å². The van der Waals surface area contributed by atoms with Crippen LogP contribution in [0.4, 0.5) is 5.00 Å². The monoisotopic (exact) mass is 337 g/mol. The van der Waals surface area contributed by atoms with E-state index in [0.717, 1.165) is 24.8 Å². The Hall–Kier alpha value is -1.69. The molecular weight excluding hydrogens is 314 g/mol. The molecule has 1 unspecified atom stereocenters. The first-order valence-electron chi connectivity index (χ1n) is 8.18. The highest BCUT2D eigenvalue weighted by atomic mass is 32.1. The van der Waals surface area contributed by atoms with Crippen LogP contribution in [0.5, 0.6) is 0 Å². The number of thiophene rings is 1. The van der Waals surface area contributed by atoms with Gasteiger partial charge in [-0.25, -0.2) is 4.79 Å². The van der Waals surface area contributed by atoms with Crippen LogP contribution in [0.2, 0.25) is 0 Å². The average Bonchev–Trinajstić information content (AvgIpc) is 3.28. The molecule has 2 aliphatic carbocycles. The first kappa shape index (κ1) is 16.2. The van der Waals surface area contributed by atoms with Gasteiger partial charge in [0.25, 0.3) is 0 Å². The van der Waals surface area contributed by atoms with Crippen molar-refractivity contribution in [3.63, 3.8) is 0 Å². The molecule has 1 fully saturated rings. The molecule has 1 aromatic rings. The molecular formula is C17H23NO4S. The summed E-state index contributed by atoms with van der Waals surface area (Å²) in [6.07, 6.45) is 3.68. The van der Waals surface area contributed by atoms with E-state index < -0.39 is 5.97 Å². The minimum Gasteiger partial charge on any atom is -0.462 e. The second-order valence-corrected chi connectivity index (χ2v) is 7.47. The van der Waals surface area contributed by atoms with Crippen LogP contribution in [0.15, 0.2) is 0 Å². The van der Waals surface area contributed by atoms with Crippen LogP contribution >= 0.6 is 11.3 Å². The van der Waals surface area contributed by atoms with Gasteiger partial charge in [0.1, 0.15) is 5.00 Å². The SMILES string of the molecule is CCCOC(=O)c1c(NC(=O)C2CC2)sc2c1CC(C)CC2=O.[HH]. The molecule has 1 atom stereocenters. The van der Waals surface area contributed by atoms with E-state index in [1.807, 2.05) is 13.8 Å². The van der Waals surface area contributed by atoms with Gasteiger partial charge in [-0.3, -0.25) is 9.59 Å². The number of amides is 1. The molecule has 1 saturated carbocycles. The van der Waals surface area contributed by atoms with Crippen molar-refractivity contribution >= 4 is 34.0 Å². The molecule has 0 radical (unpaired) electrons. The molecule has 6 heteroatoms. The predicted molar refractivity (Wildman–Crippen MR) is 90.2 cm³/mol. The van der Waals surface area contributed by atoms with E-state index >= 15 is 0 Å². The van der Waals surface area contributed by atoms with Crippen LogP contribution in [0, 0.1) is 11.8 Å². The molecule has 0 aliphatic heterocycles. The minimum atomic E-state index is -0.433. The number of ketones is 1. The summed E-state index contributed by atoms with van der Waals surface area (Å²) in [5, 5.41) is 3.33. The summed E-state index contributed by atoms with van der Waals surface area (Å²) in [6.45, 7) is 4.27. The molecule has 0 aromatic carbocycles. The summed E-state index contributed by atoms with van der Waals surface area (Å²) < 4.78 is 5.28. The Labute approximate surface area is 140 Å². The van der Waals surface area contributed by atoms with Crippen molar-refractivity contribution in [2.45, 2.75) is 46.0 Å². The molecule has 1 amide bonds. The van der Waals surface area contributed by atoms with Crippen molar-refractivity contribution in [1.82, 2.24) is 0 Å². The Morgan fingerprint density at radius 1 is 1.35 bits per heavy atom. The Bertz CT molecular complexity index is 666. The quantitative estimate of drug-likeness (QED) is 0.832. The lowest BCUT2D eigenvalue weighted by Crippen LogP contribution is -2.20. The van der Waals surface area contributed by atoms with E-state index in [-0.39, 0.29) is 25.0 Å². The third kappa shape index (κ3) is 3.32. The van der Waals surface area contributed by atoms with Crippen LogP contribution < -0.4 is 5.32 Å². The van der Waals surface area contributed by atoms with Gasteiger partial charge in [0.2, 0.25) is 5.91 Å². The zero-order valence-corrected chi connectivity index (χ0v) is 14.3. The lowest BCUT2D eigenvalue weighted by Gasteiger charge is -2.18. The number of Topliss-reactive ketones (excluding diaryl/α,β-unsaturated/α-hetero) is 1. The molecule has 23 heavy (non-hydrogen) atoms. The zero-order valence-electron chi connectivity index (χ0n) is 13.4.